The zero-order chi connectivity index (χ0) is 43.6. The van der Waals surface area contributed by atoms with Crippen molar-refractivity contribution in [2.75, 3.05) is 0 Å². The Labute approximate surface area is 341 Å². The maximum atomic E-state index is 12.5. The zero-order valence-electron chi connectivity index (χ0n) is 33.3. The number of aliphatic hydroxyl groups excluding tert-OH is 1. The van der Waals surface area contributed by atoms with E-state index in [1.54, 1.807) is 6.07 Å². The molecule has 0 unspecified atom stereocenters. The van der Waals surface area contributed by atoms with E-state index in [4.69, 9.17) is 42.6 Å². The monoisotopic (exact) mass is 826 g/mol. The van der Waals surface area contributed by atoms with E-state index in [0.717, 1.165) is 13.8 Å². The number of hydrogen-bond donors (Lipinski definition) is 1. The van der Waals surface area contributed by atoms with Gasteiger partial charge in [0.05, 0.1) is 12.0 Å². The highest BCUT2D eigenvalue weighted by atomic mass is 16.6. The molecule has 0 spiro atoms. The summed E-state index contributed by atoms with van der Waals surface area (Å²) in [5.41, 5.74) is 1.60. The van der Waals surface area contributed by atoms with Crippen LogP contribution in [-0.2, 0) is 40.0 Å². The molecule has 60 heavy (non-hydrogen) atoms. The fourth-order valence-corrected chi connectivity index (χ4v) is 6.98. The molecule has 4 aromatic carbocycles. The molecule has 0 aliphatic carbocycles. The average molecular weight is 827 g/mol. The standard InChI is InChI=1S/C43H38O17/c1-19(44)52-29-12-28(13-30(16-29)53-20(2)45)39-40-38(59-42(39)27-9-11-34(55-22(4)47)37(15-27)58-25(7)50)18-35(56-23(5)48)31-17-32(51)41(60-43(31)40)26-8-10-33(54-21(3)46)36(14-26)57-24(6)49/h8-16,18,32,39,41-42,51H,17H2,1-7H3/t32-,39-,41+,42+/m0/s1. The van der Waals surface area contributed by atoms with Crippen LogP contribution in [-0.4, -0.2) is 53.0 Å². The molecule has 0 radical (unpaired) electrons. The molecule has 1 N–H and O–H groups in total. The van der Waals surface area contributed by atoms with Gasteiger partial charge in [-0.05, 0) is 53.1 Å². The van der Waals surface area contributed by atoms with Gasteiger partial charge in [0.25, 0.3) is 0 Å². The second-order valence-corrected chi connectivity index (χ2v) is 13.7. The molecular formula is C43H38O17. The Morgan fingerprint density at radius 1 is 0.483 bits per heavy atom. The maximum Gasteiger partial charge on any atom is 0.308 e. The molecule has 2 aliphatic heterocycles. The summed E-state index contributed by atoms with van der Waals surface area (Å²) in [5.74, 6) is -5.95. The molecule has 0 fully saturated rings. The molecule has 17 heteroatoms. The number of rotatable bonds is 10. The number of benzene rings is 4. The summed E-state index contributed by atoms with van der Waals surface area (Å²) in [7, 11) is 0. The van der Waals surface area contributed by atoms with Crippen molar-refractivity contribution in [2.24, 2.45) is 0 Å². The van der Waals surface area contributed by atoms with Gasteiger partial charge in [-0.25, -0.2) is 0 Å². The van der Waals surface area contributed by atoms with Crippen molar-refractivity contribution in [1.29, 1.82) is 0 Å². The van der Waals surface area contributed by atoms with Gasteiger partial charge >= 0.3 is 41.8 Å². The Balaban J connectivity index is 1.60. The van der Waals surface area contributed by atoms with Crippen molar-refractivity contribution in [1.82, 2.24) is 0 Å². The van der Waals surface area contributed by atoms with Crippen molar-refractivity contribution >= 4 is 41.8 Å². The predicted octanol–water partition coefficient (Wildman–Crippen LogP) is 5.47. The summed E-state index contributed by atoms with van der Waals surface area (Å²) in [4.78, 5) is 84.9. The molecule has 6 rings (SSSR count). The van der Waals surface area contributed by atoms with E-state index in [0.29, 0.717) is 22.3 Å². The second kappa shape index (κ2) is 17.3. The summed E-state index contributed by atoms with van der Waals surface area (Å²) in [5, 5.41) is 11.6. The third-order valence-electron chi connectivity index (χ3n) is 8.86. The highest BCUT2D eigenvalue weighted by Crippen LogP contribution is 2.59. The predicted molar refractivity (Wildman–Crippen MR) is 203 cm³/mol. The highest BCUT2D eigenvalue weighted by Gasteiger charge is 2.45. The van der Waals surface area contributed by atoms with E-state index in [1.807, 2.05) is 0 Å². The summed E-state index contributed by atoms with van der Waals surface area (Å²) in [6, 6.07) is 14.5. The quantitative estimate of drug-likeness (QED) is 0.155. The van der Waals surface area contributed by atoms with E-state index in [-0.39, 0.29) is 63.7 Å². The summed E-state index contributed by atoms with van der Waals surface area (Å²) in [6.45, 7) is 8.23. The molecular weight excluding hydrogens is 788 g/mol. The number of esters is 7. The Morgan fingerprint density at radius 2 is 0.917 bits per heavy atom. The SMILES string of the molecule is CC(=O)Oc1cc(OC(C)=O)cc([C@H]2c3c(cc(OC(C)=O)c4c3O[C@H](c3ccc(OC(C)=O)c(OC(C)=O)c3)[C@@H](O)C4)O[C@@H]2c2ccc(OC(C)=O)c(OC(C)=O)c2)c1. The van der Waals surface area contributed by atoms with Crippen molar-refractivity contribution in [3.05, 3.63) is 88.5 Å². The number of ether oxygens (including phenoxy) is 9. The first-order valence-corrected chi connectivity index (χ1v) is 18.3. The van der Waals surface area contributed by atoms with Gasteiger partial charge in [0.15, 0.2) is 23.0 Å². The minimum Gasteiger partial charge on any atom is -0.484 e. The van der Waals surface area contributed by atoms with Gasteiger partial charge in [-0.1, -0.05) is 12.1 Å². The Hall–Kier alpha value is -7.27. The fraction of sp³-hybridized carbons (Fsp3) is 0.279. The number of carbonyl (C=O) groups is 7. The van der Waals surface area contributed by atoms with Crippen LogP contribution in [0.25, 0.3) is 0 Å². The van der Waals surface area contributed by atoms with E-state index in [2.05, 4.69) is 0 Å². The molecule has 0 saturated heterocycles. The van der Waals surface area contributed by atoms with Crippen molar-refractivity contribution in [3.63, 3.8) is 0 Å². The molecule has 0 amide bonds. The third-order valence-corrected chi connectivity index (χ3v) is 8.86. The van der Waals surface area contributed by atoms with E-state index >= 15 is 0 Å². The van der Waals surface area contributed by atoms with E-state index < -0.39 is 66.0 Å². The van der Waals surface area contributed by atoms with Crippen LogP contribution < -0.4 is 42.6 Å². The van der Waals surface area contributed by atoms with Crippen LogP contribution in [0, 0.1) is 0 Å². The lowest BCUT2D eigenvalue weighted by atomic mass is 9.82. The fourth-order valence-electron chi connectivity index (χ4n) is 6.98. The summed E-state index contributed by atoms with van der Waals surface area (Å²) < 4.78 is 51.1. The van der Waals surface area contributed by atoms with Gasteiger partial charge in [-0.3, -0.25) is 33.6 Å². The van der Waals surface area contributed by atoms with Crippen molar-refractivity contribution < 1.29 is 81.3 Å². The molecule has 0 saturated carbocycles. The van der Waals surface area contributed by atoms with Crippen LogP contribution in [0.4, 0.5) is 0 Å². The largest absolute Gasteiger partial charge is 0.484 e. The lowest BCUT2D eigenvalue weighted by molar-refractivity contribution is -0.134. The third kappa shape index (κ3) is 9.53. The number of fused-ring (bicyclic) bond motifs is 3. The van der Waals surface area contributed by atoms with Crippen molar-refractivity contribution in [3.8, 4) is 51.7 Å². The number of carbonyl (C=O) groups excluding carboxylic acids is 7. The van der Waals surface area contributed by atoms with Crippen LogP contribution in [0.3, 0.4) is 0 Å². The molecule has 4 aromatic rings. The molecule has 0 bridgehead atoms. The smallest absolute Gasteiger partial charge is 0.308 e. The number of hydrogen-bond acceptors (Lipinski definition) is 17. The first-order valence-electron chi connectivity index (χ1n) is 18.3. The molecule has 312 valence electrons. The lowest BCUT2D eigenvalue weighted by Crippen LogP contribution is -2.31. The summed E-state index contributed by atoms with van der Waals surface area (Å²) >= 11 is 0. The van der Waals surface area contributed by atoms with Crippen LogP contribution in [0.2, 0.25) is 0 Å². The minimum atomic E-state index is -1.30. The van der Waals surface area contributed by atoms with Crippen LogP contribution >= 0.6 is 0 Å². The maximum absolute atomic E-state index is 12.5. The Kier molecular flexibility index (Phi) is 12.2. The van der Waals surface area contributed by atoms with Crippen LogP contribution in [0.1, 0.15) is 94.4 Å². The van der Waals surface area contributed by atoms with Gasteiger partial charge < -0.3 is 47.7 Å². The Morgan fingerprint density at radius 3 is 1.38 bits per heavy atom. The summed E-state index contributed by atoms with van der Waals surface area (Å²) in [6.07, 6.45) is -3.70. The van der Waals surface area contributed by atoms with Gasteiger partial charge in [0, 0.05) is 78.1 Å². The molecule has 2 aliphatic rings. The average Bonchev–Trinajstić information content (AvgIpc) is 3.51. The van der Waals surface area contributed by atoms with Gasteiger partial charge in [-0.15, -0.1) is 0 Å². The zero-order valence-corrected chi connectivity index (χ0v) is 33.3. The van der Waals surface area contributed by atoms with Crippen molar-refractivity contribution in [2.45, 2.75) is 79.1 Å². The minimum absolute atomic E-state index is 0.000235. The first-order chi connectivity index (χ1) is 28.4. The van der Waals surface area contributed by atoms with Gasteiger partial charge in [0.2, 0.25) is 0 Å². The van der Waals surface area contributed by atoms with E-state index in [1.165, 1.54) is 89.2 Å². The van der Waals surface area contributed by atoms with Gasteiger partial charge in [-0.2, -0.15) is 0 Å². The van der Waals surface area contributed by atoms with Crippen LogP contribution in [0.5, 0.6) is 51.7 Å². The molecule has 4 atom stereocenters. The highest BCUT2D eigenvalue weighted by molar-refractivity contribution is 5.77. The van der Waals surface area contributed by atoms with Gasteiger partial charge in [0.1, 0.15) is 41.0 Å². The normalized spacial score (nSPS) is 17.3. The topological polar surface area (TPSA) is 223 Å². The number of aliphatic hydroxyl groups is 1. The molecule has 17 nitrogen and oxygen atoms in total. The second-order valence-electron chi connectivity index (χ2n) is 13.7. The first kappa shape index (κ1) is 42.3. The molecule has 2 heterocycles. The molecule has 0 aromatic heterocycles. The Bertz CT molecular complexity index is 2420. The van der Waals surface area contributed by atoms with Crippen LogP contribution in [0.15, 0.2) is 60.7 Å². The lowest BCUT2D eigenvalue weighted by Gasteiger charge is -2.34. The van der Waals surface area contributed by atoms with E-state index in [9.17, 15) is 38.7 Å².